The molecule has 0 aromatic rings. The van der Waals surface area contributed by atoms with Crippen molar-refractivity contribution in [1.82, 2.24) is 0 Å². The zero-order chi connectivity index (χ0) is 13.1. The SMILES string of the molecule is CC1=CC(C(C)=NO)=CC(C)(C)C=C1CCN. The zero-order valence-electron chi connectivity index (χ0n) is 11.1. The Balaban J connectivity index is 3.22. The number of hydrogen-bond acceptors (Lipinski definition) is 3. The second-order valence-electron chi connectivity index (χ2n) is 5.14. The van der Waals surface area contributed by atoms with E-state index in [9.17, 15) is 0 Å². The first kappa shape index (κ1) is 13.7. The summed E-state index contributed by atoms with van der Waals surface area (Å²) in [5.41, 5.74) is 9.65. The first-order valence-corrected chi connectivity index (χ1v) is 5.92. The molecule has 3 nitrogen and oxygen atoms in total. The molecule has 0 aliphatic heterocycles. The second kappa shape index (κ2) is 5.32. The zero-order valence-corrected chi connectivity index (χ0v) is 11.1. The van der Waals surface area contributed by atoms with Crippen molar-refractivity contribution in [1.29, 1.82) is 0 Å². The predicted octanol–water partition coefficient (Wildman–Crippen LogP) is 3.02. The van der Waals surface area contributed by atoms with Crippen molar-refractivity contribution < 1.29 is 5.21 Å². The predicted molar refractivity (Wildman–Crippen MR) is 72.3 cm³/mol. The van der Waals surface area contributed by atoms with Gasteiger partial charge in [-0.3, -0.25) is 0 Å². The van der Waals surface area contributed by atoms with E-state index in [2.05, 4.69) is 44.2 Å². The maximum absolute atomic E-state index is 8.89. The van der Waals surface area contributed by atoms with Gasteiger partial charge in [0, 0.05) is 5.41 Å². The average molecular weight is 234 g/mol. The van der Waals surface area contributed by atoms with Crippen molar-refractivity contribution in [2.24, 2.45) is 16.3 Å². The molecule has 0 bridgehead atoms. The van der Waals surface area contributed by atoms with Crippen LogP contribution in [0.5, 0.6) is 0 Å². The van der Waals surface area contributed by atoms with Crippen LogP contribution in [0.2, 0.25) is 0 Å². The minimum absolute atomic E-state index is 0.0555. The number of oxime groups is 1. The summed E-state index contributed by atoms with van der Waals surface area (Å²) in [4.78, 5) is 0. The first-order valence-electron chi connectivity index (χ1n) is 5.92. The summed E-state index contributed by atoms with van der Waals surface area (Å²) in [6.45, 7) is 8.80. The van der Waals surface area contributed by atoms with Crippen molar-refractivity contribution in [3.63, 3.8) is 0 Å². The van der Waals surface area contributed by atoms with Crippen LogP contribution in [0.25, 0.3) is 0 Å². The van der Waals surface area contributed by atoms with Crippen LogP contribution in [0.4, 0.5) is 0 Å². The van der Waals surface area contributed by atoms with E-state index in [1.165, 1.54) is 11.1 Å². The van der Waals surface area contributed by atoms with E-state index in [4.69, 9.17) is 10.9 Å². The largest absolute Gasteiger partial charge is 0.411 e. The molecule has 17 heavy (non-hydrogen) atoms. The lowest BCUT2D eigenvalue weighted by Crippen LogP contribution is -2.07. The smallest absolute Gasteiger partial charge is 0.0834 e. The minimum atomic E-state index is -0.0555. The molecule has 3 heteroatoms. The van der Waals surface area contributed by atoms with Crippen molar-refractivity contribution in [2.75, 3.05) is 6.54 Å². The Bertz CT molecular complexity index is 412. The summed E-state index contributed by atoms with van der Waals surface area (Å²) in [6.07, 6.45) is 7.30. The highest BCUT2D eigenvalue weighted by atomic mass is 16.4. The molecule has 0 atom stereocenters. The topological polar surface area (TPSA) is 58.6 Å². The molecule has 1 aliphatic rings. The summed E-state index contributed by atoms with van der Waals surface area (Å²) in [7, 11) is 0. The summed E-state index contributed by atoms with van der Waals surface area (Å²) >= 11 is 0. The number of nitrogens with two attached hydrogens (primary N) is 1. The Morgan fingerprint density at radius 3 is 2.59 bits per heavy atom. The van der Waals surface area contributed by atoms with Crippen LogP contribution in [0.1, 0.15) is 34.1 Å². The molecule has 1 rings (SSSR count). The van der Waals surface area contributed by atoms with E-state index in [0.717, 1.165) is 12.0 Å². The average Bonchev–Trinajstić information content (AvgIpc) is 2.35. The van der Waals surface area contributed by atoms with Gasteiger partial charge in [0.1, 0.15) is 0 Å². The molecule has 0 amide bonds. The van der Waals surface area contributed by atoms with Crippen molar-refractivity contribution in [3.8, 4) is 0 Å². The molecule has 0 fully saturated rings. The first-order chi connectivity index (χ1) is 7.89. The van der Waals surface area contributed by atoms with Crippen LogP contribution in [-0.2, 0) is 0 Å². The Morgan fingerprint density at radius 2 is 2.06 bits per heavy atom. The lowest BCUT2D eigenvalue weighted by molar-refractivity contribution is 0.319. The fourth-order valence-corrected chi connectivity index (χ4v) is 2.06. The Labute approximate surface area is 103 Å². The molecule has 0 heterocycles. The van der Waals surface area contributed by atoms with Gasteiger partial charge in [-0.25, -0.2) is 0 Å². The van der Waals surface area contributed by atoms with E-state index in [1.54, 1.807) is 6.92 Å². The van der Waals surface area contributed by atoms with Crippen molar-refractivity contribution >= 4 is 5.71 Å². The van der Waals surface area contributed by atoms with Gasteiger partial charge in [0.05, 0.1) is 5.71 Å². The molecule has 0 aromatic carbocycles. The van der Waals surface area contributed by atoms with Crippen LogP contribution < -0.4 is 5.73 Å². The van der Waals surface area contributed by atoms with Gasteiger partial charge in [-0.2, -0.15) is 0 Å². The van der Waals surface area contributed by atoms with Gasteiger partial charge in [-0.05, 0) is 43.5 Å². The summed E-state index contributed by atoms with van der Waals surface area (Å²) in [6, 6.07) is 0. The molecule has 0 unspecified atom stereocenters. The summed E-state index contributed by atoms with van der Waals surface area (Å²) < 4.78 is 0. The number of allylic oxidation sites excluding steroid dienone is 5. The number of hydrogen-bond donors (Lipinski definition) is 2. The van der Waals surface area contributed by atoms with Gasteiger partial charge in [0.25, 0.3) is 0 Å². The van der Waals surface area contributed by atoms with Gasteiger partial charge in [0.15, 0.2) is 0 Å². The van der Waals surface area contributed by atoms with Gasteiger partial charge in [0.2, 0.25) is 0 Å². The van der Waals surface area contributed by atoms with Gasteiger partial charge in [-0.15, -0.1) is 0 Å². The molecule has 3 N–H and O–H groups in total. The molecular weight excluding hydrogens is 212 g/mol. The van der Waals surface area contributed by atoms with Crippen LogP contribution in [0, 0.1) is 5.41 Å². The Morgan fingerprint density at radius 1 is 1.41 bits per heavy atom. The van der Waals surface area contributed by atoms with Crippen molar-refractivity contribution in [2.45, 2.75) is 34.1 Å². The van der Waals surface area contributed by atoms with E-state index in [1.807, 2.05) is 0 Å². The van der Waals surface area contributed by atoms with Crippen molar-refractivity contribution in [3.05, 3.63) is 34.9 Å². The summed E-state index contributed by atoms with van der Waals surface area (Å²) in [5, 5.41) is 12.2. The third kappa shape index (κ3) is 3.56. The Hall–Kier alpha value is -1.35. The van der Waals surface area contributed by atoms with Gasteiger partial charge in [-0.1, -0.05) is 37.2 Å². The molecule has 0 saturated heterocycles. The number of nitrogens with zero attached hydrogens (tertiary/aromatic N) is 1. The highest BCUT2D eigenvalue weighted by molar-refractivity contribution is 6.00. The minimum Gasteiger partial charge on any atom is -0.411 e. The third-order valence-corrected chi connectivity index (χ3v) is 2.93. The quantitative estimate of drug-likeness (QED) is 0.448. The molecule has 0 spiro atoms. The molecule has 0 aromatic heterocycles. The second-order valence-corrected chi connectivity index (χ2v) is 5.14. The standard InChI is InChI=1S/C14H22N2O/c1-10-7-13(11(2)16-17)9-14(3,4)8-12(10)5-6-15/h7-9,17H,5-6,15H2,1-4H3. The molecular formula is C14H22N2O. The highest BCUT2D eigenvalue weighted by Gasteiger charge is 2.18. The molecule has 94 valence electrons. The van der Waals surface area contributed by atoms with E-state index in [-0.39, 0.29) is 5.41 Å². The Kier molecular flexibility index (Phi) is 4.29. The van der Waals surface area contributed by atoms with Crippen LogP contribution >= 0.6 is 0 Å². The summed E-state index contributed by atoms with van der Waals surface area (Å²) in [5.74, 6) is 0. The third-order valence-electron chi connectivity index (χ3n) is 2.93. The maximum atomic E-state index is 8.89. The lowest BCUT2D eigenvalue weighted by Gasteiger charge is -2.17. The maximum Gasteiger partial charge on any atom is 0.0834 e. The van der Waals surface area contributed by atoms with E-state index >= 15 is 0 Å². The number of rotatable bonds is 3. The van der Waals surface area contributed by atoms with E-state index in [0.29, 0.717) is 12.3 Å². The van der Waals surface area contributed by atoms with Crippen LogP contribution in [-0.4, -0.2) is 17.5 Å². The fourth-order valence-electron chi connectivity index (χ4n) is 2.06. The molecule has 0 radical (unpaired) electrons. The van der Waals surface area contributed by atoms with Crippen LogP contribution in [0.15, 0.2) is 40.1 Å². The van der Waals surface area contributed by atoms with E-state index < -0.39 is 0 Å². The monoisotopic (exact) mass is 234 g/mol. The van der Waals surface area contributed by atoms with Gasteiger partial charge < -0.3 is 10.9 Å². The fraction of sp³-hybridized carbons (Fsp3) is 0.500. The normalized spacial score (nSPS) is 20.3. The molecule has 0 saturated carbocycles. The van der Waals surface area contributed by atoms with Gasteiger partial charge >= 0.3 is 0 Å². The van der Waals surface area contributed by atoms with Crippen LogP contribution in [0.3, 0.4) is 0 Å². The highest BCUT2D eigenvalue weighted by Crippen LogP contribution is 2.31. The lowest BCUT2D eigenvalue weighted by atomic mass is 9.88. The molecule has 1 aliphatic carbocycles.